The smallest absolute Gasteiger partial charge is 0.149 e. The predicted molar refractivity (Wildman–Crippen MR) is 68.0 cm³/mol. The monoisotopic (exact) mass is 272 g/mol. The van der Waals surface area contributed by atoms with Crippen LogP contribution in [0.3, 0.4) is 0 Å². The minimum Gasteiger partial charge on any atom is -0.389 e. The molecule has 19 heavy (non-hydrogen) atoms. The summed E-state index contributed by atoms with van der Waals surface area (Å²) in [5, 5.41) is 21.9. The maximum absolute atomic E-state index is 14.0. The molecule has 1 aromatic carbocycles. The first-order chi connectivity index (χ1) is 9.02. The molecule has 1 aliphatic heterocycles. The van der Waals surface area contributed by atoms with Crippen molar-refractivity contribution in [1.29, 1.82) is 0 Å². The summed E-state index contributed by atoms with van der Waals surface area (Å²) in [4.78, 5) is 1.33. The van der Waals surface area contributed by atoms with E-state index in [2.05, 4.69) is 5.32 Å². The molecule has 106 valence electrons. The van der Waals surface area contributed by atoms with Crippen LogP contribution in [0.4, 0.5) is 14.5 Å². The third-order valence-corrected chi connectivity index (χ3v) is 3.23. The van der Waals surface area contributed by atoms with Gasteiger partial charge in [0.25, 0.3) is 0 Å². The fraction of sp³-hybridized carbons (Fsp3) is 0.538. The van der Waals surface area contributed by atoms with E-state index < -0.39 is 23.8 Å². The van der Waals surface area contributed by atoms with Gasteiger partial charge in [-0.05, 0) is 24.2 Å². The van der Waals surface area contributed by atoms with Gasteiger partial charge in [0.2, 0.25) is 0 Å². The number of nitrogens with one attached hydrogen (secondary N) is 1. The third-order valence-electron chi connectivity index (χ3n) is 3.23. The lowest BCUT2D eigenvalue weighted by Crippen LogP contribution is -2.24. The molecule has 0 saturated carbocycles. The summed E-state index contributed by atoms with van der Waals surface area (Å²) in [5.41, 5.74) is 0.344. The topological polar surface area (TPSA) is 55.7 Å². The fourth-order valence-corrected chi connectivity index (χ4v) is 2.24. The Hall–Kier alpha value is -1.24. The van der Waals surface area contributed by atoms with Crippen LogP contribution in [-0.4, -0.2) is 42.1 Å². The van der Waals surface area contributed by atoms with Crippen LogP contribution in [0, 0.1) is 11.6 Å². The molecule has 1 aromatic rings. The van der Waals surface area contributed by atoms with Crippen LogP contribution < -0.4 is 10.2 Å². The molecule has 2 unspecified atom stereocenters. The number of nitrogens with zero attached hydrogens (tertiary/aromatic N) is 1. The van der Waals surface area contributed by atoms with E-state index in [1.807, 2.05) is 6.92 Å². The molecular formula is C13H18F2N2O2. The first-order valence-corrected chi connectivity index (χ1v) is 6.32. The third kappa shape index (κ3) is 3.02. The van der Waals surface area contributed by atoms with Crippen molar-refractivity contribution in [1.82, 2.24) is 5.32 Å². The number of benzene rings is 1. The van der Waals surface area contributed by atoms with Crippen LogP contribution in [0.5, 0.6) is 0 Å². The van der Waals surface area contributed by atoms with Gasteiger partial charge in [-0.25, -0.2) is 8.78 Å². The zero-order valence-corrected chi connectivity index (χ0v) is 10.7. The van der Waals surface area contributed by atoms with E-state index >= 15 is 0 Å². The van der Waals surface area contributed by atoms with E-state index in [1.54, 1.807) is 0 Å². The molecule has 0 aromatic heterocycles. The van der Waals surface area contributed by atoms with Crippen molar-refractivity contribution < 1.29 is 19.0 Å². The van der Waals surface area contributed by atoms with Gasteiger partial charge >= 0.3 is 0 Å². The van der Waals surface area contributed by atoms with Gasteiger partial charge in [-0.2, -0.15) is 0 Å². The van der Waals surface area contributed by atoms with Gasteiger partial charge in [0.05, 0.1) is 12.2 Å². The molecule has 0 amide bonds. The van der Waals surface area contributed by atoms with Crippen LogP contribution in [0.2, 0.25) is 0 Å². The van der Waals surface area contributed by atoms with Crippen LogP contribution in [-0.2, 0) is 6.54 Å². The van der Waals surface area contributed by atoms with E-state index in [0.29, 0.717) is 12.1 Å². The SMILES string of the molecule is CCNCc1cc(F)c(N2CC(O)C(O)C2)c(F)c1. The van der Waals surface area contributed by atoms with Crippen molar-refractivity contribution in [2.75, 3.05) is 24.5 Å². The van der Waals surface area contributed by atoms with Crippen LogP contribution >= 0.6 is 0 Å². The highest BCUT2D eigenvalue weighted by molar-refractivity contribution is 5.52. The number of aliphatic hydroxyl groups is 2. The molecule has 0 spiro atoms. The maximum Gasteiger partial charge on any atom is 0.149 e. The molecule has 2 atom stereocenters. The molecular weight excluding hydrogens is 254 g/mol. The Balaban J connectivity index is 2.22. The highest BCUT2D eigenvalue weighted by atomic mass is 19.1. The average molecular weight is 272 g/mol. The average Bonchev–Trinajstić information content (AvgIpc) is 2.66. The minimum absolute atomic E-state index is 0.0293. The van der Waals surface area contributed by atoms with Crippen molar-refractivity contribution >= 4 is 5.69 Å². The van der Waals surface area contributed by atoms with Gasteiger partial charge in [0, 0.05) is 19.6 Å². The second-order valence-electron chi connectivity index (χ2n) is 4.73. The minimum atomic E-state index is -0.972. The summed E-state index contributed by atoms with van der Waals surface area (Å²) in [6.07, 6.45) is -1.94. The summed E-state index contributed by atoms with van der Waals surface area (Å²) in [6, 6.07) is 2.55. The van der Waals surface area contributed by atoms with Crippen molar-refractivity contribution in [3.8, 4) is 0 Å². The number of halogens is 2. The zero-order valence-electron chi connectivity index (χ0n) is 10.7. The Morgan fingerprint density at radius 1 is 1.21 bits per heavy atom. The number of hydrogen-bond acceptors (Lipinski definition) is 4. The zero-order chi connectivity index (χ0) is 14.0. The first-order valence-electron chi connectivity index (χ1n) is 6.32. The molecule has 4 nitrogen and oxygen atoms in total. The van der Waals surface area contributed by atoms with Crippen LogP contribution in [0.15, 0.2) is 12.1 Å². The highest BCUT2D eigenvalue weighted by Crippen LogP contribution is 2.28. The fourth-order valence-electron chi connectivity index (χ4n) is 2.24. The van der Waals surface area contributed by atoms with Gasteiger partial charge in [0.1, 0.15) is 17.3 Å². The van der Waals surface area contributed by atoms with Gasteiger partial charge in [-0.1, -0.05) is 6.92 Å². The van der Waals surface area contributed by atoms with Crippen molar-refractivity contribution in [3.05, 3.63) is 29.3 Å². The van der Waals surface area contributed by atoms with E-state index in [0.717, 1.165) is 6.54 Å². The standard InChI is InChI=1S/C13H18F2N2O2/c1-2-16-5-8-3-9(14)13(10(15)4-8)17-6-11(18)12(19)7-17/h3-4,11-12,16,18-19H,2,5-7H2,1H3. The molecule has 0 radical (unpaired) electrons. The summed E-state index contributed by atoms with van der Waals surface area (Å²) in [5.74, 6) is -1.34. The van der Waals surface area contributed by atoms with Crippen LogP contribution in [0.1, 0.15) is 12.5 Å². The van der Waals surface area contributed by atoms with E-state index in [4.69, 9.17) is 0 Å². The molecule has 1 aliphatic rings. The molecule has 3 N–H and O–H groups in total. The van der Waals surface area contributed by atoms with Gasteiger partial charge in [0.15, 0.2) is 0 Å². The lowest BCUT2D eigenvalue weighted by atomic mass is 10.1. The molecule has 0 aliphatic carbocycles. The number of rotatable bonds is 4. The largest absolute Gasteiger partial charge is 0.389 e. The Labute approximate surface area is 110 Å². The molecule has 1 saturated heterocycles. The summed E-state index contributed by atoms with van der Waals surface area (Å²) in [7, 11) is 0. The van der Waals surface area contributed by atoms with E-state index in [-0.39, 0.29) is 18.8 Å². The molecule has 1 fully saturated rings. The Kier molecular flexibility index (Phi) is 4.34. The van der Waals surface area contributed by atoms with Crippen LogP contribution in [0.25, 0.3) is 0 Å². The molecule has 6 heteroatoms. The van der Waals surface area contributed by atoms with E-state index in [1.165, 1.54) is 17.0 Å². The van der Waals surface area contributed by atoms with Gasteiger partial charge in [-0.3, -0.25) is 0 Å². The second-order valence-corrected chi connectivity index (χ2v) is 4.73. The van der Waals surface area contributed by atoms with Gasteiger partial charge in [-0.15, -0.1) is 0 Å². The first kappa shape index (κ1) is 14.2. The summed E-state index contributed by atoms with van der Waals surface area (Å²) >= 11 is 0. The Bertz CT molecular complexity index is 423. The Morgan fingerprint density at radius 2 is 1.74 bits per heavy atom. The number of aliphatic hydroxyl groups excluding tert-OH is 2. The van der Waals surface area contributed by atoms with Crippen molar-refractivity contribution in [2.45, 2.75) is 25.7 Å². The Morgan fingerprint density at radius 3 is 2.21 bits per heavy atom. The summed E-state index contributed by atoms with van der Waals surface area (Å²) in [6.45, 7) is 3.09. The lowest BCUT2D eigenvalue weighted by molar-refractivity contribution is 0.0572. The summed E-state index contributed by atoms with van der Waals surface area (Å²) < 4.78 is 27.9. The van der Waals surface area contributed by atoms with Crippen molar-refractivity contribution in [2.24, 2.45) is 0 Å². The van der Waals surface area contributed by atoms with E-state index in [9.17, 15) is 19.0 Å². The number of β-amino-alcohol motifs (C(OH)–C–C–N with tert-alkyl or cyclic N) is 2. The quantitative estimate of drug-likeness (QED) is 0.752. The maximum atomic E-state index is 14.0. The molecule has 0 bridgehead atoms. The molecule has 1 heterocycles. The van der Waals surface area contributed by atoms with Crippen molar-refractivity contribution in [3.63, 3.8) is 0 Å². The highest BCUT2D eigenvalue weighted by Gasteiger charge is 2.32. The predicted octanol–water partition coefficient (Wildman–Crippen LogP) is 0.616. The normalized spacial score (nSPS) is 23.1. The second kappa shape index (κ2) is 5.81. The van der Waals surface area contributed by atoms with Gasteiger partial charge < -0.3 is 20.4 Å². The number of anilines is 1. The lowest BCUT2D eigenvalue weighted by Gasteiger charge is -2.20. The molecule has 2 rings (SSSR count). The number of hydrogen-bond donors (Lipinski definition) is 3.